The maximum Gasteiger partial charge on any atom is 0.0595 e. The minimum absolute atomic E-state index is 0.0182. The van der Waals surface area contributed by atoms with Gasteiger partial charge in [-0.15, -0.1) is 0 Å². The number of hydrazine groups is 1. The second-order valence-electron chi connectivity index (χ2n) is 4.76. The molecule has 0 aromatic rings. The molecule has 1 saturated heterocycles. The molecule has 2 atom stereocenters. The highest BCUT2D eigenvalue weighted by atomic mass is 16.5. The molecule has 16 heavy (non-hydrogen) atoms. The lowest BCUT2D eigenvalue weighted by atomic mass is 9.83. The van der Waals surface area contributed by atoms with Gasteiger partial charge in [-0.2, -0.15) is 0 Å². The zero-order valence-corrected chi connectivity index (χ0v) is 10.8. The summed E-state index contributed by atoms with van der Waals surface area (Å²) in [5.74, 6) is 5.67. The van der Waals surface area contributed by atoms with Gasteiger partial charge in [0.05, 0.1) is 19.3 Å². The third kappa shape index (κ3) is 2.63. The molecule has 0 bridgehead atoms. The van der Waals surface area contributed by atoms with E-state index in [-0.39, 0.29) is 11.6 Å². The average molecular weight is 227 g/mol. The van der Waals surface area contributed by atoms with Crippen LogP contribution >= 0.6 is 0 Å². The number of hydrogen-bond donors (Lipinski definition) is 2. The minimum Gasteiger partial charge on any atom is -0.379 e. The lowest BCUT2D eigenvalue weighted by Crippen LogP contribution is -2.63. The van der Waals surface area contributed by atoms with E-state index in [1.54, 1.807) is 0 Å². The van der Waals surface area contributed by atoms with E-state index in [2.05, 4.69) is 30.8 Å². The average Bonchev–Trinajstić information content (AvgIpc) is 2.30. The molecule has 0 aliphatic carbocycles. The monoisotopic (exact) mass is 227 g/mol. The maximum absolute atomic E-state index is 5.67. The molecule has 1 aliphatic rings. The van der Waals surface area contributed by atoms with E-state index in [0.717, 1.165) is 38.3 Å². The Bertz CT molecular complexity index is 238. The number of rotatable bonds is 5. The van der Waals surface area contributed by atoms with Crippen molar-refractivity contribution >= 4 is 0 Å². The van der Waals surface area contributed by atoms with E-state index in [9.17, 15) is 0 Å². The maximum atomic E-state index is 5.67. The van der Waals surface area contributed by atoms with Crippen LogP contribution in [0.5, 0.6) is 0 Å². The normalized spacial score (nSPS) is 23.8. The molecule has 1 rings (SSSR count). The van der Waals surface area contributed by atoms with Crippen molar-refractivity contribution < 1.29 is 4.74 Å². The number of hydrogen-bond acceptors (Lipinski definition) is 4. The summed E-state index contributed by atoms with van der Waals surface area (Å²) in [6, 6.07) is 0.121. The highest BCUT2D eigenvalue weighted by Gasteiger charge is 2.38. The van der Waals surface area contributed by atoms with Crippen molar-refractivity contribution in [3.63, 3.8) is 0 Å². The first kappa shape index (κ1) is 13.6. The lowest BCUT2D eigenvalue weighted by molar-refractivity contribution is -0.0275. The molecule has 0 amide bonds. The summed E-state index contributed by atoms with van der Waals surface area (Å²) in [6.07, 6.45) is 1.04. The predicted octanol–water partition coefficient (Wildman–Crippen LogP) is 0.895. The van der Waals surface area contributed by atoms with Crippen LogP contribution in [0.3, 0.4) is 0 Å². The largest absolute Gasteiger partial charge is 0.379 e. The number of morpholine rings is 1. The molecule has 1 fully saturated rings. The standard InChI is InChI=1S/C12H25N3O/c1-5-12(4,11(14-13)10(2)3)15-6-8-16-9-7-15/h11,14H,2,5-9,13H2,1,3-4H3. The van der Waals surface area contributed by atoms with Gasteiger partial charge in [0, 0.05) is 18.6 Å². The van der Waals surface area contributed by atoms with Crippen molar-refractivity contribution in [2.75, 3.05) is 26.3 Å². The first-order valence-corrected chi connectivity index (χ1v) is 6.00. The Kier molecular flexibility index (Phi) is 4.92. The van der Waals surface area contributed by atoms with Gasteiger partial charge >= 0.3 is 0 Å². The summed E-state index contributed by atoms with van der Waals surface area (Å²) >= 11 is 0. The number of nitrogens with two attached hydrogens (primary N) is 1. The highest BCUT2D eigenvalue weighted by Crippen LogP contribution is 2.27. The van der Waals surface area contributed by atoms with Crippen molar-refractivity contribution in [1.29, 1.82) is 0 Å². The van der Waals surface area contributed by atoms with Crippen LogP contribution in [0.4, 0.5) is 0 Å². The molecule has 1 aliphatic heterocycles. The zero-order chi connectivity index (χ0) is 12.2. The van der Waals surface area contributed by atoms with Crippen LogP contribution < -0.4 is 11.3 Å². The Morgan fingerprint density at radius 1 is 1.56 bits per heavy atom. The molecule has 2 unspecified atom stereocenters. The quantitative estimate of drug-likeness (QED) is 0.416. The Morgan fingerprint density at radius 2 is 2.12 bits per heavy atom. The Hall–Kier alpha value is -0.420. The van der Waals surface area contributed by atoms with Crippen LogP contribution in [-0.2, 0) is 4.74 Å². The number of nitrogens with zero attached hydrogens (tertiary/aromatic N) is 1. The first-order valence-electron chi connectivity index (χ1n) is 6.00. The molecular weight excluding hydrogens is 202 g/mol. The highest BCUT2D eigenvalue weighted by molar-refractivity contribution is 5.13. The van der Waals surface area contributed by atoms with Crippen LogP contribution in [0, 0.1) is 0 Å². The van der Waals surface area contributed by atoms with Gasteiger partial charge in [0.25, 0.3) is 0 Å². The summed E-state index contributed by atoms with van der Waals surface area (Å²) in [4.78, 5) is 2.45. The second kappa shape index (κ2) is 5.77. The molecule has 0 spiro atoms. The summed E-state index contributed by atoms with van der Waals surface area (Å²) in [5, 5.41) is 0. The molecule has 3 N–H and O–H groups in total. The smallest absolute Gasteiger partial charge is 0.0595 e. The van der Waals surface area contributed by atoms with Gasteiger partial charge in [0.1, 0.15) is 0 Å². The third-order valence-corrected chi connectivity index (χ3v) is 3.73. The van der Waals surface area contributed by atoms with Crippen molar-refractivity contribution in [1.82, 2.24) is 10.3 Å². The van der Waals surface area contributed by atoms with Crippen LogP contribution in [0.15, 0.2) is 12.2 Å². The van der Waals surface area contributed by atoms with Crippen molar-refractivity contribution in [2.45, 2.75) is 38.8 Å². The fourth-order valence-corrected chi connectivity index (χ4v) is 2.54. The molecule has 0 saturated carbocycles. The van der Waals surface area contributed by atoms with Gasteiger partial charge in [-0.25, -0.2) is 0 Å². The van der Waals surface area contributed by atoms with E-state index in [0.29, 0.717) is 0 Å². The molecule has 0 aromatic heterocycles. The Morgan fingerprint density at radius 3 is 2.50 bits per heavy atom. The van der Waals surface area contributed by atoms with Gasteiger partial charge in [0.15, 0.2) is 0 Å². The van der Waals surface area contributed by atoms with Crippen molar-refractivity contribution in [3.8, 4) is 0 Å². The molecular formula is C12H25N3O. The fourth-order valence-electron chi connectivity index (χ4n) is 2.54. The SMILES string of the molecule is C=C(C)C(NN)C(C)(CC)N1CCOCC1. The van der Waals surface area contributed by atoms with Gasteiger partial charge in [-0.05, 0) is 20.3 Å². The summed E-state index contributed by atoms with van der Waals surface area (Å²) in [6.45, 7) is 14.1. The van der Waals surface area contributed by atoms with Crippen molar-refractivity contribution in [2.24, 2.45) is 5.84 Å². The number of ether oxygens (including phenoxy) is 1. The van der Waals surface area contributed by atoms with E-state index in [4.69, 9.17) is 10.6 Å². The van der Waals surface area contributed by atoms with Gasteiger partial charge in [0.2, 0.25) is 0 Å². The second-order valence-corrected chi connectivity index (χ2v) is 4.76. The predicted molar refractivity (Wildman–Crippen MR) is 67.0 cm³/mol. The van der Waals surface area contributed by atoms with E-state index in [1.165, 1.54) is 0 Å². The van der Waals surface area contributed by atoms with Crippen molar-refractivity contribution in [3.05, 3.63) is 12.2 Å². The summed E-state index contributed by atoms with van der Waals surface area (Å²) in [5.41, 5.74) is 4.01. The zero-order valence-electron chi connectivity index (χ0n) is 10.8. The fraction of sp³-hybridized carbons (Fsp3) is 0.833. The lowest BCUT2D eigenvalue weighted by Gasteiger charge is -2.47. The van der Waals surface area contributed by atoms with Crippen LogP contribution in [0.25, 0.3) is 0 Å². The molecule has 94 valence electrons. The van der Waals surface area contributed by atoms with Gasteiger partial charge in [-0.3, -0.25) is 16.2 Å². The molecule has 0 radical (unpaired) electrons. The van der Waals surface area contributed by atoms with Gasteiger partial charge < -0.3 is 4.74 Å². The molecule has 0 aromatic carbocycles. The van der Waals surface area contributed by atoms with Gasteiger partial charge in [-0.1, -0.05) is 19.1 Å². The van der Waals surface area contributed by atoms with Crippen LogP contribution in [-0.4, -0.2) is 42.8 Å². The molecule has 1 heterocycles. The topological polar surface area (TPSA) is 50.5 Å². The van der Waals surface area contributed by atoms with E-state index >= 15 is 0 Å². The van der Waals surface area contributed by atoms with E-state index in [1.807, 2.05) is 6.92 Å². The Labute approximate surface area is 98.8 Å². The minimum atomic E-state index is 0.0182. The molecule has 4 heteroatoms. The summed E-state index contributed by atoms with van der Waals surface area (Å²) < 4.78 is 5.40. The van der Waals surface area contributed by atoms with Crippen LogP contribution in [0.2, 0.25) is 0 Å². The summed E-state index contributed by atoms with van der Waals surface area (Å²) in [7, 11) is 0. The third-order valence-electron chi connectivity index (χ3n) is 3.73. The van der Waals surface area contributed by atoms with Crippen LogP contribution in [0.1, 0.15) is 27.2 Å². The number of nitrogens with one attached hydrogen (secondary N) is 1. The molecule has 4 nitrogen and oxygen atoms in total. The van der Waals surface area contributed by atoms with E-state index < -0.39 is 0 Å². The first-order chi connectivity index (χ1) is 7.56. The Balaban J connectivity index is 2.84.